The van der Waals surface area contributed by atoms with E-state index in [4.69, 9.17) is 19.4 Å². The summed E-state index contributed by atoms with van der Waals surface area (Å²) in [7, 11) is 4.88. The fraction of sp³-hybridized carbons (Fsp3) is 1.00. The smallest absolute Gasteiger partial charge is 0.0913 e. The molecule has 0 aliphatic rings. The molecule has 0 fully saturated rings. The monoisotopic (exact) mass is 74.0 g/mol. The van der Waals surface area contributed by atoms with E-state index in [0.717, 1.165) is 0 Å². The molecule has 0 bridgehead atoms. The minimum Gasteiger partial charge on any atom is -0.134 e. The van der Waals surface area contributed by atoms with Gasteiger partial charge in [-0.1, -0.05) is 6.92 Å². The summed E-state index contributed by atoms with van der Waals surface area (Å²) in [6.45, 7) is 1.71. The molecule has 0 saturated carbocycles. The van der Waals surface area contributed by atoms with Crippen LogP contribution in [-0.2, 0) is 0 Å². The molecule has 0 heterocycles. The molecule has 2 radical (unpaired) electrons. The van der Waals surface area contributed by atoms with Crippen LogP contribution < -0.4 is 0 Å². The molecule has 0 unspecified atom stereocenters. The highest BCUT2D eigenvalue weighted by Crippen LogP contribution is 1.78. The minimum absolute atomic E-state index is 0.194. The third-order valence-electron chi connectivity index (χ3n) is 0. The van der Waals surface area contributed by atoms with Gasteiger partial charge in [0.1, 0.15) is 0 Å². The van der Waals surface area contributed by atoms with E-state index in [2.05, 4.69) is 0 Å². The van der Waals surface area contributed by atoms with Crippen molar-refractivity contribution < 1.29 is 0 Å². The van der Waals surface area contributed by atoms with Crippen LogP contribution in [-0.4, -0.2) is 13.1 Å². The number of hydrogen-bond donors (Lipinski definition) is 0. The molecule has 0 nitrogen and oxygen atoms in total. The van der Waals surface area contributed by atoms with E-state index in [1.165, 1.54) is 0 Å². The van der Waals surface area contributed by atoms with Gasteiger partial charge in [0.2, 0.25) is 0 Å². The Morgan fingerprint density at radius 1 is 2.00 bits per heavy atom. The Hall–Kier alpha value is 0.355. The van der Waals surface area contributed by atoms with Crippen LogP contribution >= 0.6 is 11.6 Å². The molecule has 0 saturated heterocycles. The van der Waals surface area contributed by atoms with Crippen molar-refractivity contribution in [3.8, 4) is 0 Å². The number of alkyl halides is 1. The second kappa shape index (κ2) is 1.65. The summed E-state index contributed by atoms with van der Waals surface area (Å²) in [5, 5.41) is -0.194. The highest BCUT2D eigenvalue weighted by molar-refractivity contribution is 6.40. The first-order chi connectivity index (χ1) is 1.73. The van der Waals surface area contributed by atoms with Gasteiger partial charge in [-0.15, -0.1) is 11.6 Å². The van der Waals surface area contributed by atoms with E-state index in [1.54, 1.807) is 6.92 Å². The Morgan fingerprint density at radius 2 is 2.00 bits per heavy atom. The molecule has 0 aromatic rings. The first-order valence-corrected chi connectivity index (χ1v) is 1.57. The van der Waals surface area contributed by atoms with E-state index in [1.807, 2.05) is 0 Å². The van der Waals surface area contributed by atoms with Gasteiger partial charge in [0.25, 0.3) is 0 Å². The molecule has 4 heavy (non-hydrogen) atoms. The Labute approximate surface area is 32.6 Å². The van der Waals surface area contributed by atoms with Gasteiger partial charge in [0.15, 0.2) is 0 Å². The largest absolute Gasteiger partial charge is 0.134 e. The highest BCUT2D eigenvalue weighted by Gasteiger charge is 1.72. The molecule has 22 valence electrons. The quantitative estimate of drug-likeness (QED) is 0.294. The Bertz CT molecular complexity index is 10.8. The van der Waals surface area contributed by atoms with Crippen LogP contribution in [0.4, 0.5) is 0 Å². The predicted molar refractivity (Wildman–Crippen MR) is 21.1 cm³/mol. The third kappa shape index (κ3) is 34.3. The van der Waals surface area contributed by atoms with Crippen LogP contribution in [0.25, 0.3) is 0 Å². The average Bonchev–Trinajstić information content (AvgIpc) is 0.811. The van der Waals surface area contributed by atoms with Gasteiger partial charge in [0, 0.05) is 0 Å². The lowest BCUT2D eigenvalue weighted by atomic mass is 10.1. The maximum Gasteiger partial charge on any atom is 0.0913 e. The third-order valence-corrected chi connectivity index (χ3v) is 0. The normalized spacial score (nSPS) is 15.5. The number of halogens is 1. The van der Waals surface area contributed by atoms with Gasteiger partial charge in [-0.2, -0.15) is 0 Å². The molecule has 0 aliphatic heterocycles. The van der Waals surface area contributed by atoms with Crippen molar-refractivity contribution in [1.29, 1.82) is 0 Å². The standard InChI is InChI=1S/C2H4BCl/c1-2(3)4/h2H,1H3/t2-/m1/s1. The maximum absolute atomic E-state index is 5.05. The molecule has 0 N–H and O–H groups in total. The molecule has 0 aromatic carbocycles. The fourth-order valence-corrected chi connectivity index (χ4v) is 0. The summed E-state index contributed by atoms with van der Waals surface area (Å²) in [4.78, 5) is 0. The van der Waals surface area contributed by atoms with Gasteiger partial charge in [0.05, 0.1) is 7.85 Å². The van der Waals surface area contributed by atoms with Crippen molar-refractivity contribution in [2.45, 2.75) is 12.2 Å². The summed E-state index contributed by atoms with van der Waals surface area (Å²) in [5.74, 6) is 0. The van der Waals surface area contributed by atoms with Crippen LogP contribution in [0.1, 0.15) is 6.92 Å². The van der Waals surface area contributed by atoms with Crippen molar-refractivity contribution >= 4 is 19.4 Å². The Morgan fingerprint density at radius 3 is 2.00 bits per heavy atom. The van der Waals surface area contributed by atoms with Gasteiger partial charge in [-0.3, -0.25) is 0 Å². The molecule has 0 spiro atoms. The second-order valence-electron chi connectivity index (χ2n) is 0.678. The summed E-state index contributed by atoms with van der Waals surface area (Å²) in [6.07, 6.45) is 0. The lowest BCUT2D eigenvalue weighted by molar-refractivity contribution is 1.38. The van der Waals surface area contributed by atoms with Crippen molar-refractivity contribution in [1.82, 2.24) is 0 Å². The zero-order valence-electron chi connectivity index (χ0n) is 2.53. The first-order valence-electron chi connectivity index (χ1n) is 1.13. The lowest BCUT2D eigenvalue weighted by Gasteiger charge is -1.75. The Balaban J connectivity index is 2.32. The first kappa shape index (κ1) is 4.35. The lowest BCUT2D eigenvalue weighted by Crippen LogP contribution is -1.81. The van der Waals surface area contributed by atoms with E-state index in [9.17, 15) is 0 Å². The van der Waals surface area contributed by atoms with E-state index in [0.29, 0.717) is 0 Å². The van der Waals surface area contributed by atoms with Crippen LogP contribution in [0.15, 0.2) is 0 Å². The van der Waals surface area contributed by atoms with Crippen molar-refractivity contribution in [2.24, 2.45) is 0 Å². The predicted octanol–water partition coefficient (Wildman–Crippen LogP) is 0.740. The Kier molecular flexibility index (Phi) is 1.80. The summed E-state index contributed by atoms with van der Waals surface area (Å²) >= 11 is 5.05. The molecule has 1 atom stereocenters. The summed E-state index contributed by atoms with van der Waals surface area (Å²) in [5.41, 5.74) is 0. The summed E-state index contributed by atoms with van der Waals surface area (Å²) in [6, 6.07) is 0. The van der Waals surface area contributed by atoms with Crippen molar-refractivity contribution in [3.63, 3.8) is 0 Å². The molecule has 0 rings (SSSR count). The van der Waals surface area contributed by atoms with E-state index in [-0.39, 0.29) is 5.28 Å². The molecule has 0 aliphatic carbocycles. The van der Waals surface area contributed by atoms with Crippen LogP contribution in [0.3, 0.4) is 0 Å². The molecule has 0 amide bonds. The van der Waals surface area contributed by atoms with Crippen molar-refractivity contribution in [2.75, 3.05) is 0 Å². The number of hydrogen-bond acceptors (Lipinski definition) is 0. The molecular formula is C2H4BCl. The summed E-state index contributed by atoms with van der Waals surface area (Å²) < 4.78 is 0. The van der Waals surface area contributed by atoms with Gasteiger partial charge in [-0.25, -0.2) is 0 Å². The topological polar surface area (TPSA) is 0 Å². The highest BCUT2D eigenvalue weighted by atomic mass is 35.5. The van der Waals surface area contributed by atoms with Crippen LogP contribution in [0, 0.1) is 0 Å². The molecular weight excluding hydrogens is 70.3 g/mol. The van der Waals surface area contributed by atoms with Crippen LogP contribution in [0.2, 0.25) is 0 Å². The minimum atomic E-state index is -0.194. The van der Waals surface area contributed by atoms with Gasteiger partial charge < -0.3 is 0 Å². The second-order valence-corrected chi connectivity index (χ2v) is 1.37. The van der Waals surface area contributed by atoms with E-state index < -0.39 is 0 Å². The average molecular weight is 74.3 g/mol. The molecule has 0 aromatic heterocycles. The van der Waals surface area contributed by atoms with Gasteiger partial charge >= 0.3 is 0 Å². The molecule has 2 heteroatoms. The SMILES string of the molecule is [B][C@@H](C)Cl. The van der Waals surface area contributed by atoms with Gasteiger partial charge in [-0.05, 0) is 5.28 Å². The number of rotatable bonds is 0. The van der Waals surface area contributed by atoms with E-state index >= 15 is 0 Å². The zero-order valence-corrected chi connectivity index (χ0v) is 3.29. The van der Waals surface area contributed by atoms with Crippen LogP contribution in [0.5, 0.6) is 0 Å². The van der Waals surface area contributed by atoms with Crippen molar-refractivity contribution in [3.05, 3.63) is 0 Å². The fourth-order valence-electron chi connectivity index (χ4n) is 0. The maximum atomic E-state index is 5.05. The zero-order chi connectivity index (χ0) is 3.58.